The molecule has 1 aliphatic rings. The summed E-state index contributed by atoms with van der Waals surface area (Å²) in [5.74, 6) is 1.36. The average molecular weight is 265 g/mol. The molecule has 0 aliphatic carbocycles. The van der Waals surface area contributed by atoms with Crippen molar-refractivity contribution in [3.63, 3.8) is 0 Å². The maximum absolute atomic E-state index is 5.39. The first-order valence-corrected chi connectivity index (χ1v) is 6.89. The number of nitrogens with zero attached hydrogens (tertiary/aromatic N) is 4. The lowest BCUT2D eigenvalue weighted by Gasteiger charge is -2.29. The van der Waals surface area contributed by atoms with E-state index >= 15 is 0 Å². The lowest BCUT2D eigenvalue weighted by Crippen LogP contribution is -2.46. The Morgan fingerprint density at radius 3 is 2.95 bits per heavy atom. The topological polar surface area (TPSA) is 53.5 Å². The number of anilines is 1. The number of nitrogens with one attached hydrogen (secondary N) is 1. The van der Waals surface area contributed by atoms with Gasteiger partial charge < -0.3 is 15.0 Å². The van der Waals surface area contributed by atoms with Gasteiger partial charge in [0.2, 0.25) is 11.8 Å². The van der Waals surface area contributed by atoms with Crippen LogP contribution < -0.4 is 15.0 Å². The fourth-order valence-electron chi connectivity index (χ4n) is 2.07. The van der Waals surface area contributed by atoms with E-state index in [-0.39, 0.29) is 0 Å². The Kier molecular flexibility index (Phi) is 5.35. The summed E-state index contributed by atoms with van der Waals surface area (Å²) < 4.78 is 5.39. The van der Waals surface area contributed by atoms with Crippen molar-refractivity contribution in [1.82, 2.24) is 20.2 Å². The van der Waals surface area contributed by atoms with Crippen LogP contribution >= 0.6 is 0 Å². The fraction of sp³-hybridized carbons (Fsp3) is 0.692. The number of piperazine rings is 1. The Balaban J connectivity index is 1.84. The molecule has 0 saturated carbocycles. The van der Waals surface area contributed by atoms with Gasteiger partial charge in [-0.05, 0) is 6.92 Å². The summed E-state index contributed by atoms with van der Waals surface area (Å²) in [6, 6.07) is 1.79. The highest BCUT2D eigenvalue weighted by molar-refractivity contribution is 5.30. The van der Waals surface area contributed by atoms with Crippen LogP contribution in [0, 0.1) is 0 Å². The lowest BCUT2D eigenvalue weighted by atomic mass is 10.3. The van der Waals surface area contributed by atoms with Gasteiger partial charge in [0.15, 0.2) is 0 Å². The van der Waals surface area contributed by atoms with E-state index in [1.54, 1.807) is 12.3 Å². The fourth-order valence-corrected chi connectivity index (χ4v) is 2.07. The van der Waals surface area contributed by atoms with Crippen molar-refractivity contribution >= 4 is 5.95 Å². The van der Waals surface area contributed by atoms with Crippen LogP contribution in [-0.2, 0) is 0 Å². The zero-order valence-electron chi connectivity index (χ0n) is 11.8. The Labute approximate surface area is 114 Å². The molecule has 0 aromatic carbocycles. The van der Waals surface area contributed by atoms with Crippen LogP contribution in [0.4, 0.5) is 5.95 Å². The van der Waals surface area contributed by atoms with Gasteiger partial charge in [0.1, 0.15) is 0 Å². The summed E-state index contributed by atoms with van der Waals surface area (Å²) in [5.41, 5.74) is 0. The van der Waals surface area contributed by atoms with E-state index in [2.05, 4.69) is 25.1 Å². The van der Waals surface area contributed by atoms with Crippen LogP contribution in [-0.4, -0.2) is 67.8 Å². The molecule has 0 spiro atoms. The molecule has 6 nitrogen and oxygen atoms in total. The molecule has 0 bridgehead atoms. The first-order chi connectivity index (χ1) is 9.29. The molecular formula is C13H23N5O. The standard InChI is InChI=1S/C13H23N5O/c1-3-19-12-4-5-15-13(16-12)17(2)10-11-18-8-6-14-7-9-18/h4-5,14H,3,6-11H2,1-2H3. The molecule has 2 heterocycles. The van der Waals surface area contributed by atoms with Crippen LogP contribution in [0.1, 0.15) is 6.92 Å². The van der Waals surface area contributed by atoms with Crippen molar-refractivity contribution in [1.29, 1.82) is 0 Å². The zero-order chi connectivity index (χ0) is 13.5. The molecule has 106 valence electrons. The van der Waals surface area contributed by atoms with E-state index in [1.165, 1.54) is 0 Å². The smallest absolute Gasteiger partial charge is 0.228 e. The van der Waals surface area contributed by atoms with Gasteiger partial charge in [-0.15, -0.1) is 0 Å². The summed E-state index contributed by atoms with van der Waals surface area (Å²) in [7, 11) is 2.02. The second kappa shape index (κ2) is 7.25. The molecule has 0 unspecified atom stereocenters. The van der Waals surface area contributed by atoms with E-state index in [9.17, 15) is 0 Å². The molecule has 1 aromatic heterocycles. The van der Waals surface area contributed by atoms with E-state index < -0.39 is 0 Å². The highest BCUT2D eigenvalue weighted by atomic mass is 16.5. The SMILES string of the molecule is CCOc1ccnc(N(C)CCN2CCNCC2)n1. The molecular weight excluding hydrogens is 242 g/mol. The normalized spacial score (nSPS) is 16.3. The van der Waals surface area contributed by atoms with Gasteiger partial charge in [0.05, 0.1) is 6.61 Å². The molecule has 1 saturated heterocycles. The first-order valence-electron chi connectivity index (χ1n) is 6.89. The molecule has 1 aromatic rings. The van der Waals surface area contributed by atoms with E-state index in [0.717, 1.165) is 45.2 Å². The maximum atomic E-state index is 5.39. The van der Waals surface area contributed by atoms with Gasteiger partial charge in [-0.25, -0.2) is 4.98 Å². The monoisotopic (exact) mass is 265 g/mol. The number of hydrogen-bond acceptors (Lipinski definition) is 6. The van der Waals surface area contributed by atoms with Crippen molar-refractivity contribution in [2.75, 3.05) is 57.8 Å². The molecule has 1 aliphatic heterocycles. The Morgan fingerprint density at radius 1 is 1.42 bits per heavy atom. The lowest BCUT2D eigenvalue weighted by molar-refractivity contribution is 0.246. The van der Waals surface area contributed by atoms with Crippen molar-refractivity contribution in [3.05, 3.63) is 12.3 Å². The number of ether oxygens (including phenoxy) is 1. The van der Waals surface area contributed by atoms with Crippen LogP contribution in [0.2, 0.25) is 0 Å². The van der Waals surface area contributed by atoms with Gasteiger partial charge in [0, 0.05) is 58.6 Å². The second-order valence-electron chi connectivity index (χ2n) is 4.64. The predicted molar refractivity (Wildman–Crippen MR) is 75.8 cm³/mol. The van der Waals surface area contributed by atoms with Crippen molar-refractivity contribution < 1.29 is 4.74 Å². The third-order valence-electron chi connectivity index (χ3n) is 3.21. The van der Waals surface area contributed by atoms with E-state index in [4.69, 9.17) is 4.74 Å². The molecule has 2 rings (SSSR count). The molecule has 0 atom stereocenters. The van der Waals surface area contributed by atoms with Crippen LogP contribution in [0.3, 0.4) is 0 Å². The van der Waals surface area contributed by atoms with Gasteiger partial charge in [0.25, 0.3) is 0 Å². The number of rotatable bonds is 6. The molecule has 19 heavy (non-hydrogen) atoms. The van der Waals surface area contributed by atoms with Crippen LogP contribution in [0.15, 0.2) is 12.3 Å². The summed E-state index contributed by atoms with van der Waals surface area (Å²) in [5, 5.41) is 3.36. The minimum Gasteiger partial charge on any atom is -0.478 e. The number of aromatic nitrogens is 2. The number of hydrogen-bond donors (Lipinski definition) is 1. The molecule has 0 amide bonds. The van der Waals surface area contributed by atoms with Gasteiger partial charge in [-0.2, -0.15) is 4.98 Å². The second-order valence-corrected chi connectivity index (χ2v) is 4.64. The molecule has 6 heteroatoms. The largest absolute Gasteiger partial charge is 0.478 e. The number of likely N-dealkylation sites (N-methyl/N-ethyl adjacent to an activating group) is 1. The van der Waals surface area contributed by atoms with Gasteiger partial charge in [-0.3, -0.25) is 4.90 Å². The predicted octanol–water partition coefficient (Wildman–Crippen LogP) is 0.217. The minimum atomic E-state index is 0.626. The van der Waals surface area contributed by atoms with Crippen molar-refractivity contribution in [2.24, 2.45) is 0 Å². The van der Waals surface area contributed by atoms with E-state index in [1.807, 2.05) is 14.0 Å². The highest BCUT2D eigenvalue weighted by Gasteiger charge is 2.11. The quantitative estimate of drug-likeness (QED) is 0.794. The summed E-state index contributed by atoms with van der Waals surface area (Å²) in [6.07, 6.45) is 1.74. The Morgan fingerprint density at radius 2 is 2.21 bits per heavy atom. The van der Waals surface area contributed by atoms with Crippen molar-refractivity contribution in [2.45, 2.75) is 6.92 Å². The average Bonchev–Trinajstić information content (AvgIpc) is 2.46. The third kappa shape index (κ3) is 4.33. The molecule has 1 fully saturated rings. The zero-order valence-corrected chi connectivity index (χ0v) is 11.8. The third-order valence-corrected chi connectivity index (χ3v) is 3.21. The van der Waals surface area contributed by atoms with Crippen LogP contribution in [0.25, 0.3) is 0 Å². The minimum absolute atomic E-state index is 0.626. The first kappa shape index (κ1) is 14.0. The van der Waals surface area contributed by atoms with Crippen molar-refractivity contribution in [3.8, 4) is 5.88 Å². The Bertz CT molecular complexity index is 381. The molecule has 1 N–H and O–H groups in total. The Hall–Kier alpha value is -1.40. The van der Waals surface area contributed by atoms with Gasteiger partial charge >= 0.3 is 0 Å². The highest BCUT2D eigenvalue weighted by Crippen LogP contribution is 2.11. The van der Waals surface area contributed by atoms with Gasteiger partial charge in [-0.1, -0.05) is 0 Å². The summed E-state index contributed by atoms with van der Waals surface area (Å²) >= 11 is 0. The summed E-state index contributed by atoms with van der Waals surface area (Å²) in [4.78, 5) is 13.2. The molecule has 0 radical (unpaired) electrons. The summed E-state index contributed by atoms with van der Waals surface area (Å²) in [6.45, 7) is 8.95. The maximum Gasteiger partial charge on any atom is 0.228 e. The van der Waals surface area contributed by atoms with E-state index in [0.29, 0.717) is 12.5 Å². The van der Waals surface area contributed by atoms with Crippen LogP contribution in [0.5, 0.6) is 5.88 Å².